The highest BCUT2D eigenvalue weighted by atomic mass is 35.5. The Morgan fingerprint density at radius 1 is 1.02 bits per heavy atom. The van der Waals surface area contributed by atoms with Crippen LogP contribution in [0.5, 0.6) is 5.75 Å². The first-order valence-electron chi connectivity index (χ1n) is 20.6. The Morgan fingerprint density at radius 2 is 1.77 bits per heavy atom. The van der Waals surface area contributed by atoms with Crippen LogP contribution < -0.4 is 25.8 Å². The van der Waals surface area contributed by atoms with Crippen LogP contribution in [0, 0.1) is 26.2 Å². The summed E-state index contributed by atoms with van der Waals surface area (Å²) in [6.45, 7) is 10.1. The van der Waals surface area contributed by atoms with E-state index in [2.05, 4.69) is 80.3 Å². The van der Waals surface area contributed by atoms with E-state index >= 15 is 0 Å². The van der Waals surface area contributed by atoms with Gasteiger partial charge in [0.25, 0.3) is 11.5 Å². The Balaban J connectivity index is 0.842. The normalized spacial score (nSPS) is 17.6. The maximum Gasteiger partial charge on any atom is 0.293 e. The number of carbonyl (C=O) groups is 1. The largest absolute Gasteiger partial charge is 0.478 e. The number of fused-ring (bicyclic) bond motifs is 4. The van der Waals surface area contributed by atoms with E-state index in [1.807, 2.05) is 25.1 Å². The number of hydrogen-bond acceptors (Lipinski definition) is 11. The molecule has 1 aliphatic carbocycles. The molecule has 2 N–H and O–H groups in total. The number of aryl methyl sites for hydroxylation is 3. The van der Waals surface area contributed by atoms with Crippen molar-refractivity contribution in [3.05, 3.63) is 109 Å². The predicted octanol–water partition coefficient (Wildman–Crippen LogP) is 8.27. The molecule has 15 heteroatoms. The van der Waals surface area contributed by atoms with Crippen LogP contribution in [-0.4, -0.2) is 67.7 Å². The molecule has 2 aliphatic heterocycles. The summed E-state index contributed by atoms with van der Waals surface area (Å²) in [5, 5.41) is 17.1. The summed E-state index contributed by atoms with van der Waals surface area (Å²) < 4.78 is 9.24. The van der Waals surface area contributed by atoms with Gasteiger partial charge in [-0.25, -0.2) is 4.98 Å². The number of nitrogens with one attached hydrogen (secondary N) is 2. The summed E-state index contributed by atoms with van der Waals surface area (Å²) >= 11 is 8.42. The molecule has 1 saturated carbocycles. The van der Waals surface area contributed by atoms with Crippen molar-refractivity contribution < 1.29 is 9.53 Å². The lowest BCUT2D eigenvalue weighted by atomic mass is 9.64. The van der Waals surface area contributed by atoms with Gasteiger partial charge in [0, 0.05) is 54.3 Å². The summed E-state index contributed by atoms with van der Waals surface area (Å²) in [5.41, 5.74) is 7.56. The standard InChI is InChI=1S/C45H49ClN10O3S/c1-25-27(3)60-43-38(25)39(49-26(2)41-53-52-28(4)56(41)43)31-9-7-29(8-10-31)30-13-15-45(16-14-30)17-19-55(20-18-45)44-48-23-34(46)40(51-44)50-33-11-12-35-32(21-33)22-36(42(58)54(35)6)59-24-37(57)47-5/h7-12,21-23,26,30H,13-20,24H2,1-6H3,(H,47,57)(H,48,50,51)/t26-/m0/s1. The van der Waals surface area contributed by atoms with Gasteiger partial charge in [-0.05, 0) is 113 Å². The molecule has 6 aromatic rings. The number of ether oxygens (including phenoxy) is 1. The van der Waals surface area contributed by atoms with Crippen molar-refractivity contribution in [2.75, 3.05) is 37.0 Å². The maximum atomic E-state index is 12.8. The number of halogens is 1. The Labute approximate surface area is 357 Å². The number of benzene rings is 2. The Kier molecular flexibility index (Phi) is 10.5. The highest BCUT2D eigenvalue weighted by molar-refractivity contribution is 7.15. The molecule has 1 spiro atoms. The average Bonchev–Trinajstić information content (AvgIpc) is 3.75. The van der Waals surface area contributed by atoms with Crippen LogP contribution in [0.1, 0.15) is 96.2 Å². The number of thiophene rings is 1. The number of likely N-dealkylation sites (N-methyl/N-ethyl adjacent to an activating group) is 1. The zero-order valence-electron chi connectivity index (χ0n) is 34.8. The Morgan fingerprint density at radius 3 is 2.50 bits per heavy atom. The van der Waals surface area contributed by atoms with E-state index in [0.717, 1.165) is 70.4 Å². The SMILES string of the molecule is CNC(=O)COc1cc2cc(Nc3nc(N4CCC5(CCC(c6ccc(C7=N[C@@H](C)c8nnc(C)n8-c8sc(C)c(C)c87)cc6)CC5)CC4)ncc3Cl)ccc2n(C)c1=O. The molecule has 4 aromatic heterocycles. The van der Waals surface area contributed by atoms with E-state index in [0.29, 0.717) is 28.1 Å². The van der Waals surface area contributed by atoms with Crippen LogP contribution >= 0.6 is 22.9 Å². The number of aliphatic imine (C=N–C) groups is 1. The second-order valence-corrected chi connectivity index (χ2v) is 18.2. The first kappa shape index (κ1) is 39.8. The molecule has 0 radical (unpaired) electrons. The van der Waals surface area contributed by atoms with Gasteiger partial charge in [-0.3, -0.25) is 19.1 Å². The Hall–Kier alpha value is -5.60. The van der Waals surface area contributed by atoms with E-state index in [-0.39, 0.29) is 29.9 Å². The number of anilines is 3. The number of nitrogens with zero attached hydrogens (tertiary/aromatic N) is 8. The van der Waals surface area contributed by atoms with Crippen LogP contribution in [0.15, 0.2) is 64.5 Å². The third-order valence-corrected chi connectivity index (χ3v) is 14.5. The molecule has 1 amide bonds. The van der Waals surface area contributed by atoms with Gasteiger partial charge in [0.15, 0.2) is 24.0 Å². The zero-order chi connectivity index (χ0) is 41.9. The predicted molar refractivity (Wildman–Crippen MR) is 238 cm³/mol. The number of carbonyl (C=O) groups excluding carboxylic acids is 1. The molecular formula is C45H49ClN10O3S. The number of amides is 1. The summed E-state index contributed by atoms with van der Waals surface area (Å²) in [5.74, 6) is 3.28. The minimum Gasteiger partial charge on any atom is -0.478 e. The molecule has 1 saturated heterocycles. The van der Waals surface area contributed by atoms with Crippen molar-refractivity contribution in [2.24, 2.45) is 17.5 Å². The lowest BCUT2D eigenvalue weighted by Crippen LogP contribution is -2.42. The van der Waals surface area contributed by atoms with Crippen molar-refractivity contribution in [3.63, 3.8) is 0 Å². The van der Waals surface area contributed by atoms with Gasteiger partial charge in [0.2, 0.25) is 5.95 Å². The molecule has 9 rings (SSSR count). The molecular weight excluding hydrogens is 796 g/mol. The first-order valence-corrected chi connectivity index (χ1v) is 21.8. The second-order valence-electron chi connectivity index (χ2n) is 16.5. The highest BCUT2D eigenvalue weighted by Gasteiger charge is 2.39. The fraction of sp³-hybridized carbons (Fsp3) is 0.400. The van der Waals surface area contributed by atoms with E-state index in [4.69, 9.17) is 26.3 Å². The first-order chi connectivity index (χ1) is 28.9. The average molecular weight is 845 g/mol. The molecule has 2 aromatic carbocycles. The molecule has 60 heavy (non-hydrogen) atoms. The zero-order valence-corrected chi connectivity index (χ0v) is 36.4. The molecule has 3 aliphatic rings. The van der Waals surface area contributed by atoms with Gasteiger partial charge in [-0.2, -0.15) is 4.98 Å². The lowest BCUT2D eigenvalue weighted by molar-refractivity contribution is -0.122. The second kappa shape index (κ2) is 15.8. The van der Waals surface area contributed by atoms with Crippen LogP contribution in [0.3, 0.4) is 0 Å². The molecule has 0 unspecified atom stereocenters. The van der Waals surface area contributed by atoms with Crippen molar-refractivity contribution in [1.82, 2.24) is 34.6 Å². The van der Waals surface area contributed by atoms with Gasteiger partial charge in [0.1, 0.15) is 21.9 Å². The monoisotopic (exact) mass is 844 g/mol. The molecule has 6 heterocycles. The van der Waals surface area contributed by atoms with E-state index in [9.17, 15) is 9.59 Å². The molecule has 0 bridgehead atoms. The van der Waals surface area contributed by atoms with Crippen molar-refractivity contribution in [3.8, 4) is 10.8 Å². The highest BCUT2D eigenvalue weighted by Crippen LogP contribution is 2.49. The van der Waals surface area contributed by atoms with Gasteiger partial charge in [0.05, 0.1) is 17.4 Å². The topological polar surface area (TPSA) is 144 Å². The minimum absolute atomic E-state index is 0.0964. The summed E-state index contributed by atoms with van der Waals surface area (Å²) in [4.78, 5) is 42.9. The van der Waals surface area contributed by atoms with Crippen LogP contribution in [0.4, 0.5) is 17.5 Å². The number of piperidine rings is 1. The van der Waals surface area contributed by atoms with Gasteiger partial charge < -0.3 is 24.8 Å². The van der Waals surface area contributed by atoms with Gasteiger partial charge >= 0.3 is 0 Å². The minimum atomic E-state index is -0.321. The van der Waals surface area contributed by atoms with Gasteiger partial charge in [-0.15, -0.1) is 21.5 Å². The molecule has 310 valence electrons. The fourth-order valence-corrected chi connectivity index (χ4v) is 10.6. The van der Waals surface area contributed by atoms with Crippen LogP contribution in [0.25, 0.3) is 15.9 Å². The number of pyridine rings is 1. The third kappa shape index (κ3) is 7.23. The lowest BCUT2D eigenvalue weighted by Gasteiger charge is -2.46. The molecule has 1 atom stereocenters. The van der Waals surface area contributed by atoms with Crippen molar-refractivity contribution in [2.45, 2.75) is 78.2 Å². The summed E-state index contributed by atoms with van der Waals surface area (Å²) in [6.07, 6.45) is 8.66. The summed E-state index contributed by atoms with van der Waals surface area (Å²) in [7, 11) is 3.20. The third-order valence-electron chi connectivity index (χ3n) is 13.0. The van der Waals surface area contributed by atoms with Crippen LogP contribution in [-0.2, 0) is 11.8 Å². The number of hydrogen-bond donors (Lipinski definition) is 2. The fourth-order valence-electron chi connectivity index (χ4n) is 9.22. The maximum absolute atomic E-state index is 12.8. The van der Waals surface area contributed by atoms with E-state index < -0.39 is 0 Å². The number of aromatic nitrogens is 6. The summed E-state index contributed by atoms with van der Waals surface area (Å²) in [6, 6.07) is 16.4. The quantitative estimate of drug-likeness (QED) is 0.155. The Bertz CT molecular complexity index is 2720. The van der Waals surface area contributed by atoms with Crippen LogP contribution in [0.2, 0.25) is 5.02 Å². The molecule has 2 fully saturated rings. The van der Waals surface area contributed by atoms with Crippen molar-refractivity contribution in [1.29, 1.82) is 0 Å². The molecule has 13 nitrogen and oxygen atoms in total. The van der Waals surface area contributed by atoms with E-state index in [1.165, 1.54) is 58.9 Å². The smallest absolute Gasteiger partial charge is 0.293 e. The number of rotatable bonds is 8. The van der Waals surface area contributed by atoms with Crippen molar-refractivity contribution >= 4 is 62.9 Å². The van der Waals surface area contributed by atoms with E-state index in [1.54, 1.807) is 30.6 Å². The van der Waals surface area contributed by atoms with Gasteiger partial charge in [-0.1, -0.05) is 35.9 Å².